The average Bonchev–Trinajstić information content (AvgIpc) is 2.84. The lowest BCUT2D eigenvalue weighted by Crippen LogP contribution is -2.55. The number of thiol groups is 1. The first-order chi connectivity index (χ1) is 16.9. The number of sulfonamides is 1. The van der Waals surface area contributed by atoms with Gasteiger partial charge in [-0.05, 0) is 49.1 Å². The van der Waals surface area contributed by atoms with E-state index in [1.807, 2.05) is 0 Å². The molecule has 2 aliphatic rings. The van der Waals surface area contributed by atoms with Gasteiger partial charge in [-0.2, -0.15) is 17.5 Å². The molecule has 5 nitrogen and oxygen atoms in total. The second-order valence-electron chi connectivity index (χ2n) is 10.0. The second-order valence-corrected chi connectivity index (χ2v) is 12.4. The van der Waals surface area contributed by atoms with E-state index in [0.29, 0.717) is 23.9 Å². The van der Waals surface area contributed by atoms with E-state index in [2.05, 4.69) is 17.5 Å². The predicted molar refractivity (Wildman–Crippen MR) is 137 cm³/mol. The molecule has 1 saturated carbocycles. The summed E-state index contributed by atoms with van der Waals surface area (Å²) in [5.74, 6) is 0.483. The van der Waals surface area contributed by atoms with Crippen LogP contribution in [0.1, 0.15) is 51.0 Å². The van der Waals surface area contributed by atoms with Crippen molar-refractivity contribution in [1.82, 2.24) is 4.31 Å². The Bertz CT molecular complexity index is 1150. The highest BCUT2D eigenvalue weighted by atomic mass is 32.2. The van der Waals surface area contributed by atoms with Gasteiger partial charge >= 0.3 is 6.18 Å². The maximum Gasteiger partial charge on any atom is 0.421 e. The molecular formula is C26H33F3N2O3S2. The van der Waals surface area contributed by atoms with Crippen LogP contribution in [-0.4, -0.2) is 49.7 Å². The molecule has 1 aliphatic carbocycles. The SMILES string of the molecule is C[C@@](O)(c1ccc(N2CCN(S(=O)(=O)c3ccccc3S)C[C@H]2CC2CCCCC2)cc1)C(F)(F)F. The minimum absolute atomic E-state index is 0.113. The van der Waals surface area contributed by atoms with E-state index in [1.165, 1.54) is 22.9 Å². The van der Waals surface area contributed by atoms with Crippen LogP contribution in [0.15, 0.2) is 58.3 Å². The largest absolute Gasteiger partial charge is 0.421 e. The fourth-order valence-electron chi connectivity index (χ4n) is 5.35. The van der Waals surface area contributed by atoms with Crippen molar-refractivity contribution >= 4 is 28.3 Å². The molecule has 2 aromatic carbocycles. The van der Waals surface area contributed by atoms with Gasteiger partial charge in [-0.1, -0.05) is 56.4 Å². The van der Waals surface area contributed by atoms with Crippen LogP contribution < -0.4 is 4.90 Å². The van der Waals surface area contributed by atoms with Crippen LogP contribution in [0, 0.1) is 5.92 Å². The smallest absolute Gasteiger partial charge is 0.376 e. The van der Waals surface area contributed by atoms with Crippen molar-refractivity contribution < 1.29 is 26.7 Å². The second kappa shape index (κ2) is 10.6. The van der Waals surface area contributed by atoms with Gasteiger partial charge in [0.2, 0.25) is 10.0 Å². The molecule has 10 heteroatoms. The molecule has 4 rings (SSSR count). The number of halogens is 3. The van der Waals surface area contributed by atoms with Crippen LogP contribution in [0.2, 0.25) is 0 Å². The topological polar surface area (TPSA) is 60.9 Å². The van der Waals surface area contributed by atoms with Crippen molar-refractivity contribution in [2.75, 3.05) is 24.5 Å². The molecular weight excluding hydrogens is 509 g/mol. The number of alkyl halides is 3. The van der Waals surface area contributed by atoms with Gasteiger partial charge in [0.05, 0.1) is 4.90 Å². The number of anilines is 1. The molecule has 0 bridgehead atoms. The van der Waals surface area contributed by atoms with Crippen LogP contribution in [-0.2, 0) is 15.6 Å². The number of hydrogen-bond acceptors (Lipinski definition) is 5. The number of nitrogens with zero attached hydrogens (tertiary/aromatic N) is 2. The fourth-order valence-corrected chi connectivity index (χ4v) is 7.41. The molecule has 0 spiro atoms. The van der Waals surface area contributed by atoms with Gasteiger partial charge in [-0.25, -0.2) is 8.42 Å². The minimum Gasteiger partial charge on any atom is -0.376 e. The lowest BCUT2D eigenvalue weighted by atomic mass is 9.84. The minimum atomic E-state index is -4.79. The number of hydrogen-bond donors (Lipinski definition) is 2. The van der Waals surface area contributed by atoms with Crippen molar-refractivity contribution in [3.8, 4) is 0 Å². The Kier molecular flexibility index (Phi) is 8.00. The zero-order valence-corrected chi connectivity index (χ0v) is 22.0. The van der Waals surface area contributed by atoms with Crippen LogP contribution in [0.4, 0.5) is 18.9 Å². The Hall–Kier alpha value is -1.75. The van der Waals surface area contributed by atoms with Gasteiger partial charge in [-0.3, -0.25) is 0 Å². The van der Waals surface area contributed by atoms with Crippen LogP contribution >= 0.6 is 12.6 Å². The molecule has 0 aromatic heterocycles. The average molecular weight is 543 g/mol. The van der Waals surface area contributed by atoms with Gasteiger partial charge in [0.1, 0.15) is 0 Å². The lowest BCUT2D eigenvalue weighted by Gasteiger charge is -2.44. The molecule has 0 amide bonds. The van der Waals surface area contributed by atoms with Crippen LogP contribution in [0.5, 0.6) is 0 Å². The molecule has 198 valence electrons. The summed E-state index contributed by atoms with van der Waals surface area (Å²) in [5.41, 5.74) is -2.45. The van der Waals surface area contributed by atoms with E-state index in [9.17, 15) is 26.7 Å². The molecule has 2 atom stereocenters. The quantitative estimate of drug-likeness (QED) is 0.467. The van der Waals surface area contributed by atoms with Gasteiger partial charge in [-0.15, -0.1) is 12.6 Å². The third-order valence-corrected chi connectivity index (χ3v) is 10.0. The summed E-state index contributed by atoms with van der Waals surface area (Å²) in [6.07, 6.45) is 1.76. The first kappa shape index (κ1) is 27.3. The van der Waals surface area contributed by atoms with Crippen molar-refractivity contribution in [3.05, 3.63) is 54.1 Å². The summed E-state index contributed by atoms with van der Waals surface area (Å²) in [6, 6.07) is 12.3. The third kappa shape index (κ3) is 5.56. The van der Waals surface area contributed by atoms with Crippen molar-refractivity contribution in [2.24, 2.45) is 5.92 Å². The maximum atomic E-state index is 13.5. The summed E-state index contributed by atoms with van der Waals surface area (Å²) in [5, 5.41) is 10.0. The molecule has 1 N–H and O–H groups in total. The Morgan fingerprint density at radius 2 is 1.64 bits per heavy atom. The van der Waals surface area contributed by atoms with E-state index >= 15 is 0 Å². The monoisotopic (exact) mass is 542 g/mol. The summed E-state index contributed by atoms with van der Waals surface area (Å²) < 4.78 is 68.3. The van der Waals surface area contributed by atoms with E-state index in [-0.39, 0.29) is 23.0 Å². The highest BCUT2D eigenvalue weighted by molar-refractivity contribution is 7.90. The summed E-state index contributed by atoms with van der Waals surface area (Å²) in [7, 11) is -3.74. The molecule has 2 aromatic rings. The van der Waals surface area contributed by atoms with E-state index in [4.69, 9.17) is 0 Å². The Morgan fingerprint density at radius 3 is 2.25 bits per heavy atom. The zero-order chi connectivity index (χ0) is 26.1. The molecule has 0 unspecified atom stereocenters. The van der Waals surface area contributed by atoms with Crippen molar-refractivity contribution in [3.63, 3.8) is 0 Å². The molecule has 2 fully saturated rings. The Morgan fingerprint density at radius 1 is 1.00 bits per heavy atom. The zero-order valence-electron chi connectivity index (χ0n) is 20.3. The first-order valence-electron chi connectivity index (χ1n) is 12.4. The highest BCUT2D eigenvalue weighted by Gasteiger charge is 2.51. The number of piperazine rings is 1. The molecule has 36 heavy (non-hydrogen) atoms. The van der Waals surface area contributed by atoms with Crippen LogP contribution in [0.25, 0.3) is 0 Å². The maximum absolute atomic E-state index is 13.5. The third-order valence-electron chi connectivity index (χ3n) is 7.57. The van der Waals surface area contributed by atoms with Crippen LogP contribution in [0.3, 0.4) is 0 Å². The summed E-state index contributed by atoms with van der Waals surface area (Å²) >= 11 is 4.35. The highest BCUT2D eigenvalue weighted by Crippen LogP contribution is 2.40. The number of benzene rings is 2. The van der Waals surface area contributed by atoms with Gasteiger partial charge in [0.25, 0.3) is 0 Å². The normalized spacial score (nSPS) is 22.4. The van der Waals surface area contributed by atoms with Gasteiger partial charge in [0.15, 0.2) is 5.60 Å². The lowest BCUT2D eigenvalue weighted by molar-refractivity contribution is -0.258. The molecule has 1 saturated heterocycles. The van der Waals surface area contributed by atoms with Gasteiger partial charge < -0.3 is 10.0 Å². The Labute approximate surface area is 216 Å². The predicted octanol–water partition coefficient (Wildman–Crippen LogP) is 5.60. The first-order valence-corrected chi connectivity index (χ1v) is 14.2. The number of aliphatic hydroxyl groups is 1. The molecule has 0 radical (unpaired) electrons. The molecule has 1 heterocycles. The standard InChI is InChI=1S/C26H33F3N2O3S2/c1-25(32,26(27,28)29)20-11-13-21(14-12-20)31-16-15-30(18-22(31)17-19-7-3-2-4-8-19)36(33,34)24-10-6-5-9-23(24)35/h5-6,9-14,19,22,32,35H,2-4,7-8,15-18H2,1H3/t22-,25-/m1/s1. The summed E-state index contributed by atoms with van der Waals surface area (Å²) in [6.45, 7) is 1.72. The fraction of sp³-hybridized carbons (Fsp3) is 0.538. The number of rotatable bonds is 6. The van der Waals surface area contributed by atoms with Crippen molar-refractivity contribution in [2.45, 2.75) is 73.1 Å². The van der Waals surface area contributed by atoms with E-state index in [0.717, 1.165) is 44.7 Å². The van der Waals surface area contributed by atoms with E-state index < -0.39 is 21.8 Å². The molecule has 1 aliphatic heterocycles. The van der Waals surface area contributed by atoms with Gasteiger partial charge in [0, 0.05) is 36.3 Å². The summed E-state index contributed by atoms with van der Waals surface area (Å²) in [4.78, 5) is 2.69. The van der Waals surface area contributed by atoms with Crippen molar-refractivity contribution in [1.29, 1.82) is 0 Å². The van der Waals surface area contributed by atoms with E-state index in [1.54, 1.807) is 36.4 Å². The Balaban J connectivity index is 1.60.